The maximum atomic E-state index is 11.8. The largest absolute Gasteiger partial charge is 0.466 e. The SMILES string of the molecule is CCCn1ncc(Cl)c1CC(=O)CCC(=O)OCC. The molecular formula is C13H19ClN2O3. The van der Waals surface area contributed by atoms with Crippen molar-refractivity contribution in [2.45, 2.75) is 46.1 Å². The van der Waals surface area contributed by atoms with Crippen molar-refractivity contribution in [3.63, 3.8) is 0 Å². The minimum absolute atomic E-state index is 0.0344. The minimum atomic E-state index is -0.344. The molecule has 0 unspecified atom stereocenters. The molecule has 5 nitrogen and oxygen atoms in total. The van der Waals surface area contributed by atoms with Crippen molar-refractivity contribution in [3.05, 3.63) is 16.9 Å². The highest BCUT2D eigenvalue weighted by molar-refractivity contribution is 6.31. The van der Waals surface area contributed by atoms with Gasteiger partial charge in [-0.05, 0) is 13.3 Å². The van der Waals surface area contributed by atoms with E-state index < -0.39 is 0 Å². The molecule has 6 heteroatoms. The van der Waals surface area contributed by atoms with Crippen molar-refractivity contribution in [1.82, 2.24) is 9.78 Å². The molecule has 1 aromatic rings. The van der Waals surface area contributed by atoms with E-state index in [0.29, 0.717) is 11.6 Å². The van der Waals surface area contributed by atoms with Gasteiger partial charge in [-0.15, -0.1) is 0 Å². The molecule has 0 saturated heterocycles. The summed E-state index contributed by atoms with van der Waals surface area (Å²) in [5.41, 5.74) is 0.720. The van der Waals surface area contributed by atoms with Gasteiger partial charge in [-0.3, -0.25) is 14.3 Å². The zero-order valence-electron chi connectivity index (χ0n) is 11.3. The van der Waals surface area contributed by atoms with Gasteiger partial charge >= 0.3 is 5.97 Å². The van der Waals surface area contributed by atoms with Crippen LogP contribution in [0.2, 0.25) is 5.02 Å². The van der Waals surface area contributed by atoms with Crippen molar-refractivity contribution in [2.24, 2.45) is 0 Å². The number of Topliss-reactive ketones (excluding diaryl/α,β-unsaturated/α-hetero) is 1. The van der Waals surface area contributed by atoms with Gasteiger partial charge in [0.2, 0.25) is 0 Å². The average molecular weight is 287 g/mol. The summed E-state index contributed by atoms with van der Waals surface area (Å²) in [6.07, 6.45) is 2.96. The number of ketones is 1. The Labute approximate surface area is 117 Å². The maximum Gasteiger partial charge on any atom is 0.306 e. The van der Waals surface area contributed by atoms with Gasteiger partial charge in [0.05, 0.1) is 29.9 Å². The second-order valence-electron chi connectivity index (χ2n) is 4.18. The number of rotatable bonds is 8. The van der Waals surface area contributed by atoms with E-state index in [-0.39, 0.29) is 31.0 Å². The summed E-state index contributed by atoms with van der Waals surface area (Å²) >= 11 is 6.01. The highest BCUT2D eigenvalue weighted by Crippen LogP contribution is 2.17. The first-order valence-corrected chi connectivity index (χ1v) is 6.83. The Balaban J connectivity index is 2.52. The van der Waals surface area contributed by atoms with E-state index in [1.54, 1.807) is 17.8 Å². The van der Waals surface area contributed by atoms with E-state index in [1.807, 2.05) is 6.92 Å². The normalized spacial score (nSPS) is 10.5. The van der Waals surface area contributed by atoms with Crippen molar-refractivity contribution in [2.75, 3.05) is 6.61 Å². The van der Waals surface area contributed by atoms with E-state index >= 15 is 0 Å². The van der Waals surface area contributed by atoms with Gasteiger partial charge in [-0.1, -0.05) is 18.5 Å². The second kappa shape index (κ2) is 7.94. The van der Waals surface area contributed by atoms with Crippen LogP contribution in [-0.2, 0) is 27.3 Å². The fourth-order valence-electron chi connectivity index (χ4n) is 1.72. The smallest absolute Gasteiger partial charge is 0.306 e. The summed E-state index contributed by atoms with van der Waals surface area (Å²) in [6.45, 7) is 4.83. The number of carbonyl (C=O) groups excluding carboxylic acids is 2. The fraction of sp³-hybridized carbons (Fsp3) is 0.615. The van der Waals surface area contributed by atoms with E-state index in [0.717, 1.165) is 18.7 Å². The van der Waals surface area contributed by atoms with Gasteiger partial charge in [0.1, 0.15) is 5.78 Å². The summed E-state index contributed by atoms with van der Waals surface area (Å²) in [6, 6.07) is 0. The first kappa shape index (κ1) is 15.7. The molecule has 106 valence electrons. The average Bonchev–Trinajstić information content (AvgIpc) is 2.70. The lowest BCUT2D eigenvalue weighted by Gasteiger charge is -2.06. The first-order chi connectivity index (χ1) is 9.08. The Hall–Kier alpha value is -1.36. The van der Waals surface area contributed by atoms with Crippen LogP contribution in [0.1, 0.15) is 38.8 Å². The highest BCUT2D eigenvalue weighted by atomic mass is 35.5. The third-order valence-corrected chi connectivity index (χ3v) is 2.93. The molecule has 0 aliphatic rings. The number of nitrogens with zero attached hydrogens (tertiary/aromatic N) is 2. The van der Waals surface area contributed by atoms with E-state index in [9.17, 15) is 9.59 Å². The van der Waals surface area contributed by atoms with Crippen LogP contribution in [0.25, 0.3) is 0 Å². The summed E-state index contributed by atoms with van der Waals surface area (Å²) in [4.78, 5) is 23.0. The summed E-state index contributed by atoms with van der Waals surface area (Å²) in [7, 11) is 0. The first-order valence-electron chi connectivity index (χ1n) is 6.46. The number of carbonyl (C=O) groups is 2. The van der Waals surface area contributed by atoms with E-state index in [4.69, 9.17) is 16.3 Å². The Bertz CT molecular complexity index is 443. The maximum absolute atomic E-state index is 11.8. The zero-order valence-corrected chi connectivity index (χ0v) is 12.1. The molecule has 1 rings (SSSR count). The van der Waals surface area contributed by atoms with Gasteiger partial charge in [-0.2, -0.15) is 5.10 Å². The van der Waals surface area contributed by atoms with Crippen molar-refractivity contribution >= 4 is 23.4 Å². The van der Waals surface area contributed by atoms with E-state index in [1.165, 1.54) is 0 Å². The van der Waals surface area contributed by atoms with Gasteiger partial charge in [0.15, 0.2) is 0 Å². The zero-order chi connectivity index (χ0) is 14.3. The van der Waals surface area contributed by atoms with Crippen LogP contribution in [0.3, 0.4) is 0 Å². The molecule has 1 heterocycles. The molecular weight excluding hydrogens is 268 g/mol. The summed E-state index contributed by atoms with van der Waals surface area (Å²) < 4.78 is 6.52. The summed E-state index contributed by atoms with van der Waals surface area (Å²) in [5, 5.41) is 4.62. The van der Waals surface area contributed by atoms with Gasteiger partial charge in [0, 0.05) is 19.4 Å². The number of halogens is 1. The molecule has 0 aromatic carbocycles. The number of hydrogen-bond donors (Lipinski definition) is 0. The third-order valence-electron chi connectivity index (χ3n) is 2.61. The Kier molecular flexibility index (Phi) is 6.56. The Morgan fingerprint density at radius 1 is 1.37 bits per heavy atom. The quantitative estimate of drug-likeness (QED) is 0.689. The van der Waals surface area contributed by atoms with Crippen LogP contribution in [0.15, 0.2) is 6.20 Å². The van der Waals surface area contributed by atoms with Crippen molar-refractivity contribution < 1.29 is 14.3 Å². The number of ether oxygens (including phenoxy) is 1. The molecule has 0 bridgehead atoms. The topological polar surface area (TPSA) is 61.2 Å². The summed E-state index contributed by atoms with van der Waals surface area (Å²) in [5.74, 6) is -0.378. The van der Waals surface area contributed by atoms with Crippen LogP contribution in [-0.4, -0.2) is 28.1 Å². The molecule has 1 aromatic heterocycles. The monoisotopic (exact) mass is 286 g/mol. The molecule has 0 aliphatic heterocycles. The Morgan fingerprint density at radius 3 is 2.74 bits per heavy atom. The minimum Gasteiger partial charge on any atom is -0.466 e. The molecule has 0 aliphatic carbocycles. The Morgan fingerprint density at radius 2 is 2.11 bits per heavy atom. The molecule has 19 heavy (non-hydrogen) atoms. The molecule has 0 saturated carbocycles. The standard InChI is InChI=1S/C13H19ClN2O3/c1-3-7-16-12(11(14)9-15-16)8-10(17)5-6-13(18)19-4-2/h9H,3-8H2,1-2H3. The molecule has 0 radical (unpaired) electrons. The number of esters is 1. The predicted octanol–water partition coefficient (Wildman–Crippen LogP) is 2.40. The van der Waals surface area contributed by atoms with Crippen LogP contribution in [0, 0.1) is 0 Å². The van der Waals surface area contributed by atoms with E-state index in [2.05, 4.69) is 5.10 Å². The second-order valence-corrected chi connectivity index (χ2v) is 4.59. The molecule has 0 amide bonds. The lowest BCUT2D eigenvalue weighted by atomic mass is 10.1. The van der Waals surface area contributed by atoms with Crippen molar-refractivity contribution in [3.8, 4) is 0 Å². The molecule has 0 spiro atoms. The van der Waals surface area contributed by atoms with Crippen LogP contribution in [0.4, 0.5) is 0 Å². The van der Waals surface area contributed by atoms with Crippen LogP contribution < -0.4 is 0 Å². The van der Waals surface area contributed by atoms with Crippen LogP contribution in [0.5, 0.6) is 0 Å². The molecule has 0 N–H and O–H groups in total. The molecule has 0 atom stereocenters. The van der Waals surface area contributed by atoms with Crippen LogP contribution >= 0.6 is 11.6 Å². The number of aryl methyl sites for hydroxylation is 1. The van der Waals surface area contributed by atoms with Gasteiger partial charge in [0.25, 0.3) is 0 Å². The van der Waals surface area contributed by atoms with Gasteiger partial charge < -0.3 is 4.74 Å². The number of aromatic nitrogens is 2. The fourth-order valence-corrected chi connectivity index (χ4v) is 1.93. The van der Waals surface area contributed by atoms with Crippen molar-refractivity contribution in [1.29, 1.82) is 0 Å². The lowest BCUT2D eigenvalue weighted by molar-refractivity contribution is -0.144. The van der Waals surface area contributed by atoms with Gasteiger partial charge in [-0.25, -0.2) is 0 Å². The number of hydrogen-bond acceptors (Lipinski definition) is 4. The molecule has 0 fully saturated rings. The third kappa shape index (κ3) is 5.03. The highest BCUT2D eigenvalue weighted by Gasteiger charge is 2.14. The predicted molar refractivity (Wildman–Crippen MR) is 72.1 cm³/mol. The lowest BCUT2D eigenvalue weighted by Crippen LogP contribution is -2.13.